The van der Waals surface area contributed by atoms with Crippen LogP contribution in [0, 0.1) is 10.1 Å². The van der Waals surface area contributed by atoms with E-state index in [1.807, 2.05) is 0 Å². The van der Waals surface area contributed by atoms with Gasteiger partial charge in [0, 0.05) is 17.0 Å². The minimum absolute atomic E-state index is 0.149. The summed E-state index contributed by atoms with van der Waals surface area (Å²) >= 11 is 5.67. The monoisotopic (exact) mass is 267 g/mol. The topological polar surface area (TPSA) is 43.1 Å². The normalized spacial score (nSPS) is 13.5. The summed E-state index contributed by atoms with van der Waals surface area (Å²) in [7, 11) is 0. The fraction of sp³-hybridized carbons (Fsp3) is 0.400. The Labute approximate surface area is 100 Å². The van der Waals surface area contributed by atoms with E-state index < -0.39 is 22.4 Å². The van der Waals surface area contributed by atoms with Crippen molar-refractivity contribution in [2.24, 2.45) is 0 Å². The lowest BCUT2D eigenvalue weighted by Crippen LogP contribution is -2.08. The van der Waals surface area contributed by atoms with Crippen LogP contribution in [0.15, 0.2) is 18.2 Å². The number of benzene rings is 1. The smallest absolute Gasteiger partial charge is 0.258 e. The summed E-state index contributed by atoms with van der Waals surface area (Å²) in [5.74, 6) is 0. The van der Waals surface area contributed by atoms with Crippen LogP contribution in [0.1, 0.15) is 18.1 Å². The van der Waals surface area contributed by atoms with Crippen molar-refractivity contribution in [3.8, 4) is 0 Å². The van der Waals surface area contributed by atoms with Crippen LogP contribution in [0.4, 0.5) is 18.9 Å². The molecule has 0 amide bonds. The molecule has 0 spiro atoms. The average molecular weight is 268 g/mol. The number of halogens is 4. The van der Waals surface area contributed by atoms with Crippen molar-refractivity contribution in [3.05, 3.63) is 39.4 Å². The van der Waals surface area contributed by atoms with E-state index in [9.17, 15) is 23.3 Å². The van der Waals surface area contributed by atoms with Gasteiger partial charge >= 0.3 is 6.18 Å². The molecule has 0 N–H and O–H groups in total. The first-order valence-electron chi connectivity index (χ1n) is 4.70. The highest BCUT2D eigenvalue weighted by Crippen LogP contribution is 2.33. The summed E-state index contributed by atoms with van der Waals surface area (Å²) in [5.41, 5.74) is -1.38. The maximum atomic E-state index is 12.4. The van der Waals surface area contributed by atoms with Crippen molar-refractivity contribution in [1.82, 2.24) is 0 Å². The fourth-order valence-electron chi connectivity index (χ4n) is 1.39. The Bertz CT molecular complexity index is 432. The fourth-order valence-corrected chi connectivity index (χ4v) is 1.55. The van der Waals surface area contributed by atoms with Gasteiger partial charge in [-0.15, -0.1) is 11.6 Å². The molecule has 0 aliphatic heterocycles. The van der Waals surface area contributed by atoms with Crippen molar-refractivity contribution in [2.75, 3.05) is 0 Å². The Kier molecular flexibility index (Phi) is 3.98. The second kappa shape index (κ2) is 4.91. The second-order valence-corrected chi connectivity index (χ2v) is 4.33. The molecule has 3 nitrogen and oxygen atoms in total. The minimum atomic E-state index is -4.59. The van der Waals surface area contributed by atoms with Crippen molar-refractivity contribution < 1.29 is 18.1 Å². The van der Waals surface area contributed by atoms with E-state index in [4.69, 9.17) is 11.6 Å². The lowest BCUT2D eigenvalue weighted by atomic mass is 10.0. The molecule has 0 aliphatic rings. The van der Waals surface area contributed by atoms with Gasteiger partial charge in [0.25, 0.3) is 5.69 Å². The number of hydrogen-bond donors (Lipinski definition) is 0. The number of alkyl halides is 4. The summed E-state index contributed by atoms with van der Waals surface area (Å²) in [6.07, 6.45) is -4.44. The number of rotatable bonds is 3. The van der Waals surface area contributed by atoms with Crippen LogP contribution in [0.2, 0.25) is 0 Å². The molecule has 17 heavy (non-hydrogen) atoms. The average Bonchev–Trinajstić information content (AvgIpc) is 2.15. The Morgan fingerprint density at radius 2 is 2.06 bits per heavy atom. The Morgan fingerprint density at radius 3 is 2.47 bits per heavy atom. The Hall–Kier alpha value is -1.30. The van der Waals surface area contributed by atoms with Crippen molar-refractivity contribution in [3.63, 3.8) is 0 Å². The van der Waals surface area contributed by atoms with Crippen LogP contribution in [0.25, 0.3) is 0 Å². The maximum Gasteiger partial charge on any atom is 0.416 e. The molecule has 94 valence electrons. The van der Waals surface area contributed by atoms with E-state index in [0.717, 1.165) is 12.1 Å². The Balaban J connectivity index is 3.22. The molecular weight excluding hydrogens is 259 g/mol. The van der Waals surface area contributed by atoms with Crippen LogP contribution in [0.3, 0.4) is 0 Å². The largest absolute Gasteiger partial charge is 0.416 e. The summed E-state index contributed by atoms with van der Waals surface area (Å²) in [6.45, 7) is 1.61. The molecule has 1 atom stereocenters. The standard InChI is InChI=1S/C10H9ClF3NO2/c1-6(11)4-7-2-3-8(10(12,13)14)5-9(7)15(16)17/h2-3,5-6H,4H2,1H3. The lowest BCUT2D eigenvalue weighted by Gasteiger charge is -2.09. The minimum Gasteiger partial charge on any atom is -0.258 e. The van der Waals surface area contributed by atoms with Crippen molar-refractivity contribution in [2.45, 2.75) is 24.9 Å². The van der Waals surface area contributed by atoms with Gasteiger partial charge in [0.05, 0.1) is 10.5 Å². The first kappa shape index (κ1) is 13.8. The molecule has 0 saturated heterocycles. The molecule has 0 radical (unpaired) electrons. The van der Waals surface area contributed by atoms with Gasteiger partial charge in [-0.3, -0.25) is 10.1 Å². The molecule has 0 aromatic heterocycles. The third kappa shape index (κ3) is 3.59. The van der Waals surface area contributed by atoms with Crippen LogP contribution in [-0.2, 0) is 12.6 Å². The zero-order chi connectivity index (χ0) is 13.2. The number of hydrogen-bond acceptors (Lipinski definition) is 2. The SMILES string of the molecule is CC(Cl)Cc1ccc(C(F)(F)F)cc1[N+](=O)[O-]. The summed E-state index contributed by atoms with van der Waals surface area (Å²) < 4.78 is 37.1. The zero-order valence-corrected chi connectivity index (χ0v) is 9.55. The number of nitrogens with zero attached hydrogens (tertiary/aromatic N) is 1. The van der Waals surface area contributed by atoms with Crippen LogP contribution >= 0.6 is 11.6 Å². The van der Waals surface area contributed by atoms with Crippen LogP contribution < -0.4 is 0 Å². The van der Waals surface area contributed by atoms with E-state index >= 15 is 0 Å². The molecular formula is C10H9ClF3NO2. The molecule has 1 aromatic carbocycles. The third-order valence-electron chi connectivity index (χ3n) is 2.11. The summed E-state index contributed by atoms with van der Waals surface area (Å²) in [6, 6.07) is 2.45. The van der Waals surface area contributed by atoms with E-state index in [1.165, 1.54) is 0 Å². The molecule has 7 heteroatoms. The molecule has 1 aromatic rings. The van der Waals surface area contributed by atoms with Gasteiger partial charge in [-0.05, 0) is 19.4 Å². The number of nitro groups is 1. The highest BCUT2D eigenvalue weighted by atomic mass is 35.5. The molecule has 0 aliphatic carbocycles. The first-order chi connectivity index (χ1) is 7.71. The van der Waals surface area contributed by atoms with Gasteiger partial charge in [0.15, 0.2) is 0 Å². The number of nitro benzene ring substituents is 1. The van der Waals surface area contributed by atoms with Gasteiger partial charge in [0.2, 0.25) is 0 Å². The van der Waals surface area contributed by atoms with Gasteiger partial charge in [-0.25, -0.2) is 0 Å². The Morgan fingerprint density at radius 1 is 1.47 bits per heavy atom. The van der Waals surface area contributed by atoms with E-state index in [0.29, 0.717) is 6.07 Å². The quantitative estimate of drug-likeness (QED) is 0.475. The predicted octanol–water partition coefficient (Wildman–Crippen LogP) is 3.78. The van der Waals surface area contributed by atoms with E-state index in [2.05, 4.69) is 0 Å². The third-order valence-corrected chi connectivity index (χ3v) is 2.26. The maximum absolute atomic E-state index is 12.4. The highest BCUT2D eigenvalue weighted by Gasteiger charge is 2.32. The van der Waals surface area contributed by atoms with Crippen molar-refractivity contribution >= 4 is 17.3 Å². The molecule has 0 heterocycles. The molecule has 0 fully saturated rings. The van der Waals surface area contributed by atoms with Gasteiger partial charge in [-0.2, -0.15) is 13.2 Å². The second-order valence-electron chi connectivity index (χ2n) is 3.58. The highest BCUT2D eigenvalue weighted by molar-refractivity contribution is 6.20. The molecule has 1 rings (SSSR count). The van der Waals surface area contributed by atoms with Gasteiger partial charge in [0.1, 0.15) is 0 Å². The van der Waals surface area contributed by atoms with Crippen molar-refractivity contribution in [1.29, 1.82) is 0 Å². The molecule has 0 bridgehead atoms. The van der Waals surface area contributed by atoms with Gasteiger partial charge < -0.3 is 0 Å². The van der Waals surface area contributed by atoms with E-state index in [1.54, 1.807) is 6.92 Å². The van der Waals surface area contributed by atoms with Crippen LogP contribution in [0.5, 0.6) is 0 Å². The van der Waals surface area contributed by atoms with E-state index in [-0.39, 0.29) is 17.4 Å². The van der Waals surface area contributed by atoms with Crippen LogP contribution in [-0.4, -0.2) is 10.3 Å². The van der Waals surface area contributed by atoms with Gasteiger partial charge in [-0.1, -0.05) is 6.07 Å². The first-order valence-corrected chi connectivity index (χ1v) is 5.14. The zero-order valence-electron chi connectivity index (χ0n) is 8.79. The molecule has 1 unspecified atom stereocenters. The molecule has 0 saturated carbocycles. The predicted molar refractivity (Wildman–Crippen MR) is 57.1 cm³/mol. The summed E-state index contributed by atoms with van der Waals surface area (Å²) in [5, 5.41) is 10.3. The lowest BCUT2D eigenvalue weighted by molar-refractivity contribution is -0.385. The summed E-state index contributed by atoms with van der Waals surface area (Å²) in [4.78, 5) is 9.85.